The number of aromatic nitrogens is 2. The normalized spacial score (nSPS) is 12.7. The summed E-state index contributed by atoms with van der Waals surface area (Å²) >= 11 is 6.10. The predicted octanol–water partition coefficient (Wildman–Crippen LogP) is 2.75. The van der Waals surface area contributed by atoms with Gasteiger partial charge in [0.15, 0.2) is 0 Å². The molecule has 0 aliphatic carbocycles. The number of rotatable bonds is 2. The van der Waals surface area contributed by atoms with Crippen molar-refractivity contribution in [1.29, 1.82) is 0 Å². The van der Waals surface area contributed by atoms with Crippen LogP contribution in [0.4, 0.5) is 0 Å². The van der Waals surface area contributed by atoms with Gasteiger partial charge in [-0.15, -0.1) is 0 Å². The van der Waals surface area contributed by atoms with Crippen LogP contribution in [0.25, 0.3) is 0 Å². The zero-order valence-electron chi connectivity index (χ0n) is 9.20. The van der Waals surface area contributed by atoms with Gasteiger partial charge in [-0.2, -0.15) is 0 Å². The van der Waals surface area contributed by atoms with Crippen LogP contribution in [0.5, 0.6) is 0 Å². The number of aryl methyl sites for hydroxylation is 1. The van der Waals surface area contributed by atoms with Gasteiger partial charge in [0.25, 0.3) is 5.56 Å². The molecule has 0 fully saturated rings. The maximum Gasteiger partial charge on any atom is 0.267 e. The first-order valence-electron chi connectivity index (χ1n) is 5.12. The highest BCUT2D eigenvalue weighted by Gasteiger charge is 2.13. The molecule has 0 aliphatic heterocycles. The van der Waals surface area contributed by atoms with E-state index < -0.39 is 0 Å². The smallest absolute Gasteiger partial charge is 0.267 e. The van der Waals surface area contributed by atoms with E-state index >= 15 is 0 Å². The molecule has 16 heavy (non-hydrogen) atoms. The van der Waals surface area contributed by atoms with Crippen LogP contribution in [0.15, 0.2) is 35.1 Å². The zero-order valence-corrected chi connectivity index (χ0v) is 9.95. The van der Waals surface area contributed by atoms with Gasteiger partial charge in [0.2, 0.25) is 0 Å². The van der Waals surface area contributed by atoms with Gasteiger partial charge in [0.05, 0.1) is 6.04 Å². The monoisotopic (exact) mass is 236 g/mol. The van der Waals surface area contributed by atoms with Crippen molar-refractivity contribution in [3.63, 3.8) is 0 Å². The molecule has 2 rings (SSSR count). The van der Waals surface area contributed by atoms with Gasteiger partial charge in [0.1, 0.15) is 0 Å². The summed E-state index contributed by atoms with van der Waals surface area (Å²) in [5.74, 6) is 0. The molecule has 0 radical (unpaired) electrons. The molecule has 1 N–H and O–H groups in total. The molecule has 2 aromatic rings. The van der Waals surface area contributed by atoms with E-state index in [1.807, 2.05) is 38.1 Å². The molecule has 0 amide bonds. The van der Waals surface area contributed by atoms with Crippen LogP contribution < -0.4 is 5.56 Å². The topological polar surface area (TPSA) is 37.8 Å². The van der Waals surface area contributed by atoms with Gasteiger partial charge in [0, 0.05) is 16.8 Å². The lowest BCUT2D eigenvalue weighted by Gasteiger charge is -2.14. The van der Waals surface area contributed by atoms with Gasteiger partial charge >= 0.3 is 0 Å². The number of aromatic amines is 1. The van der Waals surface area contributed by atoms with Gasteiger partial charge in [-0.25, -0.2) is 4.68 Å². The molecule has 0 bridgehead atoms. The Morgan fingerprint density at radius 2 is 2.06 bits per heavy atom. The van der Waals surface area contributed by atoms with E-state index in [0.29, 0.717) is 5.02 Å². The molecule has 0 aliphatic rings. The average Bonchev–Trinajstić information content (AvgIpc) is 2.58. The number of hydrogen-bond donors (Lipinski definition) is 1. The van der Waals surface area contributed by atoms with Crippen LogP contribution in [0.2, 0.25) is 5.02 Å². The van der Waals surface area contributed by atoms with E-state index in [1.54, 1.807) is 10.7 Å². The predicted molar refractivity (Wildman–Crippen MR) is 65.1 cm³/mol. The molecule has 1 unspecified atom stereocenters. The van der Waals surface area contributed by atoms with Gasteiger partial charge in [-0.3, -0.25) is 9.89 Å². The third-order valence-corrected chi connectivity index (χ3v) is 2.96. The summed E-state index contributed by atoms with van der Waals surface area (Å²) in [4.78, 5) is 11.7. The third-order valence-electron chi connectivity index (χ3n) is 2.62. The molecular weight excluding hydrogens is 224 g/mol. The Hall–Kier alpha value is -1.48. The van der Waals surface area contributed by atoms with Crippen molar-refractivity contribution in [2.75, 3.05) is 0 Å². The first-order chi connectivity index (χ1) is 7.59. The molecule has 0 saturated carbocycles. The lowest BCUT2D eigenvalue weighted by Crippen LogP contribution is -2.21. The van der Waals surface area contributed by atoms with Crippen LogP contribution in [0, 0.1) is 6.92 Å². The fourth-order valence-electron chi connectivity index (χ4n) is 1.77. The molecule has 1 aromatic heterocycles. The summed E-state index contributed by atoms with van der Waals surface area (Å²) in [7, 11) is 0. The van der Waals surface area contributed by atoms with Crippen molar-refractivity contribution in [2.45, 2.75) is 19.9 Å². The van der Waals surface area contributed by atoms with Crippen molar-refractivity contribution in [2.24, 2.45) is 0 Å². The van der Waals surface area contributed by atoms with E-state index in [9.17, 15) is 4.79 Å². The number of halogens is 1. The zero-order chi connectivity index (χ0) is 11.7. The summed E-state index contributed by atoms with van der Waals surface area (Å²) < 4.78 is 1.58. The second kappa shape index (κ2) is 4.18. The summed E-state index contributed by atoms with van der Waals surface area (Å²) in [5.41, 5.74) is 1.75. The van der Waals surface area contributed by atoms with Crippen LogP contribution in [-0.4, -0.2) is 9.78 Å². The van der Waals surface area contributed by atoms with Crippen LogP contribution in [0.3, 0.4) is 0 Å². The highest BCUT2D eigenvalue weighted by atomic mass is 35.5. The second-order valence-corrected chi connectivity index (χ2v) is 4.25. The summed E-state index contributed by atoms with van der Waals surface area (Å²) in [6.07, 6.45) is 0. The largest absolute Gasteiger partial charge is 0.299 e. The number of benzene rings is 1. The second-order valence-electron chi connectivity index (χ2n) is 3.84. The van der Waals surface area contributed by atoms with Crippen LogP contribution in [-0.2, 0) is 0 Å². The standard InChI is InChI=1S/C12H13ClN2O/c1-8-7-12(16)15(14-8)9(2)10-5-3-4-6-11(10)13/h3-7,9,14H,1-2H3. The van der Waals surface area contributed by atoms with E-state index in [2.05, 4.69) is 5.10 Å². The van der Waals surface area contributed by atoms with Crippen molar-refractivity contribution >= 4 is 11.6 Å². The van der Waals surface area contributed by atoms with E-state index in [4.69, 9.17) is 11.6 Å². The lowest BCUT2D eigenvalue weighted by atomic mass is 10.1. The van der Waals surface area contributed by atoms with Crippen molar-refractivity contribution in [3.05, 3.63) is 57.0 Å². The SMILES string of the molecule is Cc1cc(=O)n(C(C)c2ccccc2Cl)[nH]1. The van der Waals surface area contributed by atoms with E-state index in [1.165, 1.54) is 0 Å². The molecule has 1 aromatic carbocycles. The fourth-order valence-corrected chi connectivity index (χ4v) is 2.07. The van der Waals surface area contributed by atoms with Crippen LogP contribution >= 0.6 is 11.6 Å². The van der Waals surface area contributed by atoms with Crippen molar-refractivity contribution < 1.29 is 0 Å². The molecule has 4 heteroatoms. The number of H-pyrrole nitrogens is 1. The minimum atomic E-state index is -0.0881. The Balaban J connectivity index is 2.47. The molecular formula is C12H13ClN2O. The van der Waals surface area contributed by atoms with E-state index in [0.717, 1.165) is 11.3 Å². The average molecular weight is 237 g/mol. The minimum Gasteiger partial charge on any atom is -0.299 e. The Kier molecular flexibility index (Phi) is 2.88. The Bertz CT molecular complexity index is 556. The highest BCUT2D eigenvalue weighted by molar-refractivity contribution is 6.31. The lowest BCUT2D eigenvalue weighted by molar-refractivity contribution is 0.544. The number of hydrogen-bond acceptors (Lipinski definition) is 1. The highest BCUT2D eigenvalue weighted by Crippen LogP contribution is 2.23. The summed E-state index contributed by atoms with van der Waals surface area (Å²) in [6, 6.07) is 9.03. The van der Waals surface area contributed by atoms with E-state index in [-0.39, 0.29) is 11.6 Å². The summed E-state index contributed by atoms with van der Waals surface area (Å²) in [5, 5.41) is 3.69. The minimum absolute atomic E-state index is 0.0371. The summed E-state index contributed by atoms with van der Waals surface area (Å²) in [6.45, 7) is 3.80. The Morgan fingerprint density at radius 3 is 2.62 bits per heavy atom. The van der Waals surface area contributed by atoms with Gasteiger partial charge < -0.3 is 0 Å². The fraction of sp³-hybridized carbons (Fsp3) is 0.250. The first kappa shape index (κ1) is 11.0. The Morgan fingerprint density at radius 1 is 1.38 bits per heavy atom. The first-order valence-corrected chi connectivity index (χ1v) is 5.50. The number of nitrogens with zero attached hydrogens (tertiary/aromatic N) is 1. The van der Waals surface area contributed by atoms with Crippen LogP contribution in [0.1, 0.15) is 24.2 Å². The van der Waals surface area contributed by atoms with Gasteiger partial charge in [-0.05, 0) is 25.5 Å². The molecule has 3 nitrogen and oxygen atoms in total. The van der Waals surface area contributed by atoms with Crippen molar-refractivity contribution in [3.8, 4) is 0 Å². The third kappa shape index (κ3) is 1.91. The van der Waals surface area contributed by atoms with Crippen molar-refractivity contribution in [1.82, 2.24) is 9.78 Å². The van der Waals surface area contributed by atoms with Gasteiger partial charge in [-0.1, -0.05) is 29.8 Å². The molecule has 0 spiro atoms. The quantitative estimate of drug-likeness (QED) is 0.856. The molecule has 1 atom stereocenters. The molecule has 1 heterocycles. The molecule has 0 saturated heterocycles. The molecule has 84 valence electrons. The maximum atomic E-state index is 11.7. The Labute approximate surface area is 98.7 Å². The number of nitrogens with one attached hydrogen (secondary N) is 1. The maximum absolute atomic E-state index is 11.7.